The lowest BCUT2D eigenvalue weighted by atomic mass is 10.1. The number of rotatable bonds is 2. The molecule has 0 saturated heterocycles. The fourth-order valence-electron chi connectivity index (χ4n) is 1.94. The van der Waals surface area contributed by atoms with Crippen molar-refractivity contribution in [2.75, 3.05) is 0 Å². The molecule has 0 atom stereocenters. The summed E-state index contributed by atoms with van der Waals surface area (Å²) < 4.78 is 0.911. The molecule has 6 nitrogen and oxygen atoms in total. The van der Waals surface area contributed by atoms with Gasteiger partial charge in [0, 0.05) is 22.3 Å². The number of azo groups is 1. The molecule has 2 aromatic heterocycles. The third kappa shape index (κ3) is 2.27. The van der Waals surface area contributed by atoms with Gasteiger partial charge in [-0.15, -0.1) is 10.2 Å². The predicted octanol–water partition coefficient (Wildman–Crippen LogP) is 4.15. The number of aromatic nitrogens is 3. The first kappa shape index (κ1) is 12.7. The summed E-state index contributed by atoms with van der Waals surface area (Å²) in [4.78, 5) is 10.8. The van der Waals surface area contributed by atoms with Crippen molar-refractivity contribution in [2.24, 2.45) is 10.2 Å². The zero-order chi connectivity index (χ0) is 14.1. The van der Waals surface area contributed by atoms with Gasteiger partial charge in [0.2, 0.25) is 5.88 Å². The molecular formula is C13H10BrN5O. The third-order valence-electron chi connectivity index (χ3n) is 2.81. The number of aromatic amines is 1. The lowest BCUT2D eigenvalue weighted by Gasteiger charge is -1.97. The number of halogens is 1. The highest BCUT2D eigenvalue weighted by molar-refractivity contribution is 9.10. The first-order chi connectivity index (χ1) is 9.65. The lowest BCUT2D eigenvalue weighted by Crippen LogP contribution is -1.76. The third-order valence-corrected chi connectivity index (χ3v) is 3.27. The van der Waals surface area contributed by atoms with E-state index in [-0.39, 0.29) is 11.8 Å². The van der Waals surface area contributed by atoms with Crippen LogP contribution < -0.4 is 0 Å². The van der Waals surface area contributed by atoms with Gasteiger partial charge in [0.15, 0.2) is 5.69 Å². The number of nitrogens with one attached hydrogen (secondary N) is 1. The standard InChI is InChI=1S/C13H10BrN5O/c1-7-5-8(14)6-9-10(7)17-12(20)11(9)18-19-13-15-3-2-4-16-13/h2-6,17,20H,1H3. The minimum absolute atomic E-state index is 0.0270. The normalized spacial score (nSPS) is 11.5. The topological polar surface area (TPSA) is 86.5 Å². The summed E-state index contributed by atoms with van der Waals surface area (Å²) in [6.07, 6.45) is 3.16. The molecule has 3 rings (SSSR count). The van der Waals surface area contributed by atoms with Gasteiger partial charge in [0.25, 0.3) is 5.95 Å². The summed E-state index contributed by atoms with van der Waals surface area (Å²) in [6, 6.07) is 5.53. The van der Waals surface area contributed by atoms with Crippen LogP contribution >= 0.6 is 15.9 Å². The van der Waals surface area contributed by atoms with Crippen LogP contribution in [0.4, 0.5) is 11.6 Å². The number of H-pyrrole nitrogens is 1. The Labute approximate surface area is 122 Å². The summed E-state index contributed by atoms with van der Waals surface area (Å²) in [6.45, 7) is 1.95. The number of hydrogen-bond donors (Lipinski definition) is 2. The Morgan fingerprint density at radius 2 is 1.95 bits per heavy atom. The Balaban J connectivity index is 2.12. The molecule has 3 aromatic rings. The maximum atomic E-state index is 9.96. The van der Waals surface area contributed by atoms with Crippen molar-refractivity contribution in [3.8, 4) is 5.88 Å². The Bertz CT molecular complexity index is 797. The zero-order valence-corrected chi connectivity index (χ0v) is 12.1. The first-order valence-electron chi connectivity index (χ1n) is 5.84. The van der Waals surface area contributed by atoms with Gasteiger partial charge < -0.3 is 10.1 Å². The van der Waals surface area contributed by atoms with E-state index in [0.717, 1.165) is 20.9 Å². The fourth-order valence-corrected chi connectivity index (χ4v) is 2.51. The van der Waals surface area contributed by atoms with Crippen molar-refractivity contribution in [1.82, 2.24) is 15.0 Å². The van der Waals surface area contributed by atoms with E-state index in [0.29, 0.717) is 5.69 Å². The monoisotopic (exact) mass is 331 g/mol. The Morgan fingerprint density at radius 1 is 1.20 bits per heavy atom. The molecule has 2 N–H and O–H groups in total. The molecule has 1 aromatic carbocycles. The maximum Gasteiger partial charge on any atom is 0.268 e. The van der Waals surface area contributed by atoms with Crippen LogP contribution in [0, 0.1) is 6.92 Å². The smallest absolute Gasteiger partial charge is 0.268 e. The van der Waals surface area contributed by atoms with Crippen LogP contribution in [0.5, 0.6) is 5.88 Å². The molecule has 0 aliphatic carbocycles. The van der Waals surface area contributed by atoms with Crippen LogP contribution in [0.15, 0.2) is 45.3 Å². The maximum absolute atomic E-state index is 9.96. The molecule has 0 radical (unpaired) electrons. The number of benzene rings is 1. The molecule has 0 bridgehead atoms. The van der Waals surface area contributed by atoms with Crippen LogP contribution in [0.2, 0.25) is 0 Å². The molecule has 0 fully saturated rings. The second-order valence-corrected chi connectivity index (χ2v) is 5.13. The minimum Gasteiger partial charge on any atom is -0.493 e. The van der Waals surface area contributed by atoms with E-state index in [4.69, 9.17) is 0 Å². The van der Waals surface area contributed by atoms with E-state index in [1.165, 1.54) is 0 Å². The molecule has 7 heteroatoms. The molecule has 0 unspecified atom stereocenters. The quantitative estimate of drug-likeness (QED) is 0.691. The summed E-state index contributed by atoms with van der Waals surface area (Å²) in [5.41, 5.74) is 2.20. The number of nitrogens with zero attached hydrogens (tertiary/aromatic N) is 4. The predicted molar refractivity (Wildman–Crippen MR) is 78.6 cm³/mol. The van der Waals surface area contributed by atoms with Gasteiger partial charge in [-0.1, -0.05) is 15.9 Å². The molecule has 20 heavy (non-hydrogen) atoms. The number of aromatic hydroxyl groups is 1. The second-order valence-electron chi connectivity index (χ2n) is 4.22. The van der Waals surface area contributed by atoms with Crippen LogP contribution in [0.1, 0.15) is 5.56 Å². The molecule has 0 aliphatic rings. The van der Waals surface area contributed by atoms with Crippen LogP contribution in [0.25, 0.3) is 10.9 Å². The SMILES string of the molecule is Cc1cc(Br)cc2c(N=Nc3ncccn3)c(O)[nH]c12. The van der Waals surface area contributed by atoms with Crippen molar-refractivity contribution < 1.29 is 5.11 Å². The Hall–Kier alpha value is -2.28. The number of hydrogen-bond acceptors (Lipinski definition) is 5. The summed E-state index contributed by atoms with van der Waals surface area (Å²) in [5.74, 6) is 0.217. The molecular weight excluding hydrogens is 322 g/mol. The highest BCUT2D eigenvalue weighted by Crippen LogP contribution is 2.38. The van der Waals surface area contributed by atoms with E-state index < -0.39 is 0 Å². The van der Waals surface area contributed by atoms with Gasteiger partial charge in [-0.3, -0.25) is 0 Å². The van der Waals surface area contributed by atoms with E-state index in [2.05, 4.69) is 41.1 Å². The van der Waals surface area contributed by atoms with Crippen molar-refractivity contribution >= 4 is 38.5 Å². The van der Waals surface area contributed by atoms with Gasteiger partial charge in [-0.05, 0) is 30.7 Å². The highest BCUT2D eigenvalue weighted by atomic mass is 79.9. The number of aryl methyl sites for hydroxylation is 1. The molecule has 0 saturated carbocycles. The second kappa shape index (κ2) is 5.01. The van der Waals surface area contributed by atoms with Crippen molar-refractivity contribution in [3.05, 3.63) is 40.6 Å². The zero-order valence-electron chi connectivity index (χ0n) is 10.5. The summed E-state index contributed by atoms with van der Waals surface area (Å²) in [7, 11) is 0. The molecule has 0 aliphatic heterocycles. The van der Waals surface area contributed by atoms with Gasteiger partial charge in [0.05, 0.1) is 5.52 Å². The van der Waals surface area contributed by atoms with Crippen LogP contribution in [0.3, 0.4) is 0 Å². The molecule has 2 heterocycles. The Morgan fingerprint density at radius 3 is 2.70 bits per heavy atom. The fraction of sp³-hybridized carbons (Fsp3) is 0.0769. The van der Waals surface area contributed by atoms with E-state index >= 15 is 0 Å². The Kier molecular flexibility index (Phi) is 3.19. The summed E-state index contributed by atoms with van der Waals surface area (Å²) in [5, 5.41) is 18.7. The van der Waals surface area contributed by atoms with Crippen LogP contribution in [-0.4, -0.2) is 20.1 Å². The lowest BCUT2D eigenvalue weighted by molar-refractivity contribution is 0.459. The molecule has 0 spiro atoms. The van der Waals surface area contributed by atoms with Gasteiger partial charge >= 0.3 is 0 Å². The van der Waals surface area contributed by atoms with Gasteiger partial charge in [-0.25, -0.2) is 9.97 Å². The van der Waals surface area contributed by atoms with Gasteiger partial charge in [-0.2, -0.15) is 0 Å². The average molecular weight is 332 g/mol. The van der Waals surface area contributed by atoms with E-state index in [1.54, 1.807) is 18.5 Å². The van der Waals surface area contributed by atoms with Gasteiger partial charge in [0.1, 0.15) is 0 Å². The van der Waals surface area contributed by atoms with Crippen molar-refractivity contribution in [3.63, 3.8) is 0 Å². The van der Waals surface area contributed by atoms with E-state index in [9.17, 15) is 5.11 Å². The van der Waals surface area contributed by atoms with Crippen molar-refractivity contribution in [2.45, 2.75) is 6.92 Å². The average Bonchev–Trinajstić information content (AvgIpc) is 2.74. The van der Waals surface area contributed by atoms with Crippen LogP contribution in [-0.2, 0) is 0 Å². The highest BCUT2D eigenvalue weighted by Gasteiger charge is 2.13. The van der Waals surface area contributed by atoms with Crippen molar-refractivity contribution in [1.29, 1.82) is 0 Å². The first-order valence-corrected chi connectivity index (χ1v) is 6.64. The number of fused-ring (bicyclic) bond motifs is 1. The van der Waals surface area contributed by atoms with E-state index in [1.807, 2.05) is 19.1 Å². The molecule has 100 valence electrons. The minimum atomic E-state index is -0.0270. The largest absolute Gasteiger partial charge is 0.493 e. The summed E-state index contributed by atoms with van der Waals surface area (Å²) >= 11 is 3.43. The molecule has 0 amide bonds.